The zero-order valence-corrected chi connectivity index (χ0v) is 7.92. The highest BCUT2D eigenvalue weighted by molar-refractivity contribution is 5.05. The van der Waals surface area contributed by atoms with E-state index in [-0.39, 0.29) is 6.10 Å². The maximum atomic E-state index is 5.41. The van der Waals surface area contributed by atoms with Crippen LogP contribution in [0.15, 0.2) is 24.0 Å². The van der Waals surface area contributed by atoms with Crippen LogP contribution in [0.4, 0.5) is 0 Å². The predicted molar refractivity (Wildman–Crippen MR) is 49.4 cm³/mol. The SMILES string of the molecule is CC/C=C\C=C(/C)OC(C)C. The van der Waals surface area contributed by atoms with E-state index in [1.807, 2.05) is 32.9 Å². The molecule has 0 aromatic carbocycles. The van der Waals surface area contributed by atoms with Gasteiger partial charge in [-0.15, -0.1) is 0 Å². The van der Waals surface area contributed by atoms with Gasteiger partial charge in [-0.05, 0) is 33.3 Å². The minimum Gasteiger partial charge on any atom is -0.496 e. The summed E-state index contributed by atoms with van der Waals surface area (Å²) in [5.74, 6) is 0.977. The van der Waals surface area contributed by atoms with Crippen molar-refractivity contribution in [1.29, 1.82) is 0 Å². The number of hydrogen-bond donors (Lipinski definition) is 0. The molecule has 0 unspecified atom stereocenters. The maximum Gasteiger partial charge on any atom is 0.0932 e. The minimum atomic E-state index is 0.279. The van der Waals surface area contributed by atoms with E-state index in [0.717, 1.165) is 12.2 Å². The fourth-order valence-electron chi connectivity index (χ4n) is 0.751. The summed E-state index contributed by atoms with van der Waals surface area (Å²) in [7, 11) is 0. The second kappa shape index (κ2) is 6.02. The zero-order chi connectivity index (χ0) is 8.69. The lowest BCUT2D eigenvalue weighted by Crippen LogP contribution is -1.99. The quantitative estimate of drug-likeness (QED) is 0.446. The highest BCUT2D eigenvalue weighted by Gasteiger charge is 1.91. The first kappa shape index (κ1) is 10.3. The minimum absolute atomic E-state index is 0.279. The molecule has 0 atom stereocenters. The summed E-state index contributed by atoms with van der Waals surface area (Å²) in [5, 5.41) is 0. The Morgan fingerprint density at radius 3 is 2.55 bits per heavy atom. The summed E-state index contributed by atoms with van der Waals surface area (Å²) >= 11 is 0. The second-order valence-corrected chi connectivity index (χ2v) is 2.78. The van der Waals surface area contributed by atoms with Gasteiger partial charge in [-0.25, -0.2) is 0 Å². The van der Waals surface area contributed by atoms with E-state index in [9.17, 15) is 0 Å². The summed E-state index contributed by atoms with van der Waals surface area (Å²) in [6, 6.07) is 0. The second-order valence-electron chi connectivity index (χ2n) is 2.78. The molecule has 0 spiro atoms. The predicted octanol–water partition coefficient (Wildman–Crippen LogP) is 3.28. The van der Waals surface area contributed by atoms with Gasteiger partial charge in [0.2, 0.25) is 0 Å². The van der Waals surface area contributed by atoms with Gasteiger partial charge in [0.15, 0.2) is 0 Å². The standard InChI is InChI=1S/C10H18O/c1-5-6-7-8-10(4)11-9(2)3/h6-9H,5H2,1-4H3/b7-6-,10-8+. The monoisotopic (exact) mass is 154 g/mol. The third-order valence-electron chi connectivity index (χ3n) is 1.12. The van der Waals surface area contributed by atoms with E-state index >= 15 is 0 Å². The first-order valence-electron chi connectivity index (χ1n) is 4.17. The van der Waals surface area contributed by atoms with Crippen molar-refractivity contribution < 1.29 is 4.74 Å². The van der Waals surface area contributed by atoms with Gasteiger partial charge in [0.1, 0.15) is 0 Å². The van der Waals surface area contributed by atoms with Gasteiger partial charge in [-0.3, -0.25) is 0 Å². The molecule has 0 amide bonds. The first-order valence-corrected chi connectivity index (χ1v) is 4.17. The van der Waals surface area contributed by atoms with Crippen LogP contribution in [0, 0.1) is 0 Å². The molecular weight excluding hydrogens is 136 g/mol. The Labute approximate surface area is 69.8 Å². The van der Waals surface area contributed by atoms with Crippen LogP contribution in [0.1, 0.15) is 34.1 Å². The molecule has 1 nitrogen and oxygen atoms in total. The Balaban J connectivity index is 3.71. The topological polar surface area (TPSA) is 9.23 Å². The van der Waals surface area contributed by atoms with Crippen LogP contribution in [0.25, 0.3) is 0 Å². The van der Waals surface area contributed by atoms with E-state index in [1.54, 1.807) is 0 Å². The summed E-state index contributed by atoms with van der Waals surface area (Å²) in [6.07, 6.45) is 7.47. The summed E-state index contributed by atoms with van der Waals surface area (Å²) in [4.78, 5) is 0. The molecule has 0 aliphatic heterocycles. The maximum absolute atomic E-state index is 5.41. The van der Waals surface area contributed by atoms with Crippen LogP contribution >= 0.6 is 0 Å². The van der Waals surface area contributed by atoms with Crippen molar-refractivity contribution in [2.24, 2.45) is 0 Å². The lowest BCUT2D eigenvalue weighted by molar-refractivity contribution is 0.149. The Kier molecular flexibility index (Phi) is 5.63. The first-order chi connectivity index (χ1) is 5.16. The molecule has 0 saturated heterocycles. The van der Waals surface area contributed by atoms with Crippen molar-refractivity contribution >= 4 is 0 Å². The molecule has 0 bridgehead atoms. The third-order valence-corrected chi connectivity index (χ3v) is 1.12. The van der Waals surface area contributed by atoms with Gasteiger partial charge >= 0.3 is 0 Å². The van der Waals surface area contributed by atoms with Gasteiger partial charge in [0.25, 0.3) is 0 Å². The van der Waals surface area contributed by atoms with Crippen molar-refractivity contribution in [3.05, 3.63) is 24.0 Å². The van der Waals surface area contributed by atoms with Gasteiger partial charge in [-0.1, -0.05) is 19.1 Å². The van der Waals surface area contributed by atoms with Crippen LogP contribution in [-0.2, 0) is 4.74 Å². The number of rotatable bonds is 4. The summed E-state index contributed by atoms with van der Waals surface area (Å²) in [6.45, 7) is 8.14. The average molecular weight is 154 g/mol. The van der Waals surface area contributed by atoms with Crippen LogP contribution in [0.2, 0.25) is 0 Å². The molecule has 0 N–H and O–H groups in total. The number of ether oxygens (including phenoxy) is 1. The molecule has 0 saturated carbocycles. The largest absolute Gasteiger partial charge is 0.496 e. The Hall–Kier alpha value is -0.720. The van der Waals surface area contributed by atoms with E-state index < -0.39 is 0 Å². The van der Waals surface area contributed by atoms with Crippen molar-refractivity contribution in [3.63, 3.8) is 0 Å². The van der Waals surface area contributed by atoms with Crippen molar-refractivity contribution in [3.8, 4) is 0 Å². The van der Waals surface area contributed by atoms with E-state index in [2.05, 4.69) is 13.0 Å². The molecule has 11 heavy (non-hydrogen) atoms. The molecule has 0 aliphatic rings. The van der Waals surface area contributed by atoms with Gasteiger partial charge in [0.05, 0.1) is 11.9 Å². The molecule has 64 valence electrons. The molecule has 0 aromatic heterocycles. The Bertz CT molecular complexity index is 143. The summed E-state index contributed by atoms with van der Waals surface area (Å²) in [5.41, 5.74) is 0. The van der Waals surface area contributed by atoms with Crippen molar-refractivity contribution in [1.82, 2.24) is 0 Å². The molecule has 0 rings (SSSR count). The number of hydrogen-bond acceptors (Lipinski definition) is 1. The van der Waals surface area contributed by atoms with E-state index in [0.29, 0.717) is 0 Å². The molecule has 0 radical (unpaired) electrons. The molecule has 0 aromatic rings. The lowest BCUT2D eigenvalue weighted by Gasteiger charge is -2.08. The zero-order valence-electron chi connectivity index (χ0n) is 7.92. The van der Waals surface area contributed by atoms with Gasteiger partial charge < -0.3 is 4.74 Å². The molecular formula is C10H18O. The summed E-state index contributed by atoms with van der Waals surface area (Å²) < 4.78 is 5.41. The lowest BCUT2D eigenvalue weighted by atomic mass is 10.3. The van der Waals surface area contributed by atoms with Crippen molar-refractivity contribution in [2.45, 2.75) is 40.2 Å². The van der Waals surface area contributed by atoms with Crippen molar-refractivity contribution in [2.75, 3.05) is 0 Å². The highest BCUT2D eigenvalue weighted by Crippen LogP contribution is 2.00. The van der Waals surface area contributed by atoms with E-state index in [1.165, 1.54) is 0 Å². The Morgan fingerprint density at radius 2 is 2.09 bits per heavy atom. The highest BCUT2D eigenvalue weighted by atomic mass is 16.5. The number of allylic oxidation sites excluding steroid dienone is 4. The van der Waals surface area contributed by atoms with Crippen LogP contribution in [0.5, 0.6) is 0 Å². The van der Waals surface area contributed by atoms with Crippen LogP contribution in [0.3, 0.4) is 0 Å². The van der Waals surface area contributed by atoms with Crippen LogP contribution < -0.4 is 0 Å². The normalized spacial score (nSPS) is 13.0. The smallest absolute Gasteiger partial charge is 0.0932 e. The van der Waals surface area contributed by atoms with Gasteiger partial charge in [-0.2, -0.15) is 0 Å². The van der Waals surface area contributed by atoms with Gasteiger partial charge in [0, 0.05) is 0 Å². The Morgan fingerprint density at radius 1 is 1.45 bits per heavy atom. The fraction of sp³-hybridized carbons (Fsp3) is 0.600. The molecule has 1 heteroatoms. The molecule has 0 fully saturated rings. The fourth-order valence-corrected chi connectivity index (χ4v) is 0.751. The van der Waals surface area contributed by atoms with Crippen LogP contribution in [-0.4, -0.2) is 6.10 Å². The van der Waals surface area contributed by atoms with E-state index in [4.69, 9.17) is 4.74 Å². The third kappa shape index (κ3) is 7.17. The average Bonchev–Trinajstić information content (AvgIpc) is 1.86. The molecule has 0 aliphatic carbocycles. The molecule has 0 heterocycles.